The van der Waals surface area contributed by atoms with Crippen LogP contribution in [0.4, 0.5) is 0 Å². The number of nitrogens with zero attached hydrogens (tertiary/aromatic N) is 1. The van der Waals surface area contributed by atoms with E-state index >= 15 is 0 Å². The van der Waals surface area contributed by atoms with Gasteiger partial charge in [0.2, 0.25) is 0 Å². The van der Waals surface area contributed by atoms with E-state index in [1.165, 1.54) is 4.31 Å². The Hall–Kier alpha value is -0.530. The zero-order valence-electron chi connectivity index (χ0n) is 9.33. The molecule has 0 saturated carbocycles. The van der Waals surface area contributed by atoms with E-state index in [2.05, 4.69) is 18.1 Å². The normalized spacial score (nSPS) is 18.2. The van der Waals surface area contributed by atoms with Crippen molar-refractivity contribution in [1.82, 2.24) is 4.31 Å². The van der Waals surface area contributed by atoms with Crippen LogP contribution in [0.5, 0.6) is 0 Å². The van der Waals surface area contributed by atoms with Crippen molar-refractivity contribution in [3.63, 3.8) is 0 Å². The minimum Gasteiger partial charge on any atom is -0.198 e. The molecule has 0 aromatic rings. The SMILES string of the molecule is CCCCC#CS(=O)(=O)N1CCCCC1. The van der Waals surface area contributed by atoms with Crippen LogP contribution in [0.2, 0.25) is 0 Å². The van der Waals surface area contributed by atoms with Gasteiger partial charge in [-0.05, 0) is 19.3 Å². The predicted octanol–water partition coefficient (Wildman–Crippen LogP) is 1.95. The minimum absolute atomic E-state index is 0.644. The molecule has 1 saturated heterocycles. The first-order valence-electron chi connectivity index (χ1n) is 5.66. The molecule has 0 bridgehead atoms. The van der Waals surface area contributed by atoms with Crippen molar-refractivity contribution in [3.05, 3.63) is 0 Å². The molecule has 1 aliphatic rings. The highest BCUT2D eigenvalue weighted by molar-refractivity contribution is 7.93. The molecule has 0 amide bonds. The van der Waals surface area contributed by atoms with E-state index in [0.29, 0.717) is 19.5 Å². The Bertz CT molecular complexity index is 331. The zero-order chi connectivity index (χ0) is 11.1. The van der Waals surface area contributed by atoms with Crippen LogP contribution in [0, 0.1) is 11.2 Å². The second kappa shape index (κ2) is 6.14. The molecule has 1 aliphatic heterocycles. The summed E-state index contributed by atoms with van der Waals surface area (Å²) < 4.78 is 24.9. The fourth-order valence-electron chi connectivity index (χ4n) is 1.58. The molecular weight excluding hydrogens is 210 g/mol. The number of piperidine rings is 1. The summed E-state index contributed by atoms with van der Waals surface area (Å²) in [6, 6.07) is 0. The van der Waals surface area contributed by atoms with E-state index in [9.17, 15) is 8.42 Å². The summed E-state index contributed by atoms with van der Waals surface area (Å²) >= 11 is 0. The van der Waals surface area contributed by atoms with Crippen LogP contribution >= 0.6 is 0 Å². The van der Waals surface area contributed by atoms with Gasteiger partial charge in [-0.1, -0.05) is 25.7 Å². The largest absolute Gasteiger partial charge is 0.282 e. The second-order valence-electron chi connectivity index (χ2n) is 3.85. The highest BCUT2D eigenvalue weighted by Gasteiger charge is 2.21. The van der Waals surface area contributed by atoms with Gasteiger partial charge in [0, 0.05) is 24.8 Å². The van der Waals surface area contributed by atoms with E-state index in [1.807, 2.05) is 0 Å². The zero-order valence-corrected chi connectivity index (χ0v) is 10.1. The molecule has 86 valence electrons. The Labute approximate surface area is 92.9 Å². The lowest BCUT2D eigenvalue weighted by atomic mass is 10.2. The number of rotatable bonds is 3. The van der Waals surface area contributed by atoms with Crippen molar-refractivity contribution in [2.45, 2.75) is 45.4 Å². The van der Waals surface area contributed by atoms with E-state index < -0.39 is 10.0 Å². The maximum Gasteiger partial charge on any atom is 0.282 e. The van der Waals surface area contributed by atoms with E-state index in [4.69, 9.17) is 0 Å². The van der Waals surface area contributed by atoms with Crippen molar-refractivity contribution < 1.29 is 8.42 Å². The van der Waals surface area contributed by atoms with Gasteiger partial charge in [0.15, 0.2) is 0 Å². The standard InChI is InChI=1S/C11H19NO2S/c1-2-3-4-8-11-15(13,14)12-9-6-5-7-10-12/h2-7,9-10H2,1H3. The predicted molar refractivity (Wildman–Crippen MR) is 61.6 cm³/mol. The van der Waals surface area contributed by atoms with Gasteiger partial charge in [0.05, 0.1) is 0 Å². The van der Waals surface area contributed by atoms with Gasteiger partial charge >= 0.3 is 0 Å². The Morgan fingerprint density at radius 1 is 1.20 bits per heavy atom. The van der Waals surface area contributed by atoms with Crippen LogP contribution in [0.1, 0.15) is 45.4 Å². The van der Waals surface area contributed by atoms with Gasteiger partial charge in [-0.15, -0.1) is 0 Å². The molecule has 0 radical (unpaired) electrons. The molecular formula is C11H19NO2S. The van der Waals surface area contributed by atoms with E-state index in [-0.39, 0.29) is 0 Å². The minimum atomic E-state index is -3.29. The molecule has 0 unspecified atom stereocenters. The molecule has 1 fully saturated rings. The number of unbranched alkanes of at least 4 members (excludes halogenated alkanes) is 2. The maximum atomic E-state index is 11.7. The highest BCUT2D eigenvalue weighted by Crippen LogP contribution is 2.12. The fraction of sp³-hybridized carbons (Fsp3) is 0.818. The van der Waals surface area contributed by atoms with E-state index in [0.717, 1.165) is 32.1 Å². The van der Waals surface area contributed by atoms with Crippen LogP contribution in [0.3, 0.4) is 0 Å². The lowest BCUT2D eigenvalue weighted by molar-refractivity contribution is 0.351. The summed E-state index contributed by atoms with van der Waals surface area (Å²) in [5.74, 6) is 2.74. The Balaban J connectivity index is 2.52. The van der Waals surface area contributed by atoms with Crippen molar-refractivity contribution in [3.8, 4) is 11.2 Å². The second-order valence-corrected chi connectivity index (χ2v) is 5.52. The monoisotopic (exact) mass is 229 g/mol. The molecule has 0 atom stereocenters. The van der Waals surface area contributed by atoms with Crippen LogP contribution in [-0.2, 0) is 10.0 Å². The van der Waals surface area contributed by atoms with Crippen molar-refractivity contribution in [2.24, 2.45) is 0 Å². The number of hydrogen-bond acceptors (Lipinski definition) is 2. The Morgan fingerprint density at radius 3 is 2.47 bits per heavy atom. The van der Waals surface area contributed by atoms with Crippen LogP contribution in [-0.4, -0.2) is 25.8 Å². The molecule has 0 aromatic carbocycles. The van der Waals surface area contributed by atoms with Gasteiger partial charge in [-0.25, -0.2) is 0 Å². The summed E-state index contributed by atoms with van der Waals surface area (Å²) in [6.07, 6.45) is 5.78. The Morgan fingerprint density at radius 2 is 1.87 bits per heavy atom. The lowest BCUT2D eigenvalue weighted by Crippen LogP contribution is -2.34. The first-order chi connectivity index (χ1) is 7.17. The van der Waals surface area contributed by atoms with Gasteiger partial charge < -0.3 is 0 Å². The first kappa shape index (κ1) is 12.5. The highest BCUT2D eigenvalue weighted by atomic mass is 32.2. The maximum absolute atomic E-state index is 11.7. The van der Waals surface area contributed by atoms with Crippen LogP contribution in [0.15, 0.2) is 0 Å². The molecule has 15 heavy (non-hydrogen) atoms. The van der Waals surface area contributed by atoms with Gasteiger partial charge in [-0.2, -0.15) is 12.7 Å². The van der Waals surface area contributed by atoms with Gasteiger partial charge in [0.25, 0.3) is 10.0 Å². The summed E-state index contributed by atoms with van der Waals surface area (Å²) in [5.41, 5.74) is 0. The third-order valence-electron chi connectivity index (χ3n) is 2.51. The fourth-order valence-corrected chi connectivity index (χ4v) is 2.73. The van der Waals surface area contributed by atoms with Crippen molar-refractivity contribution in [1.29, 1.82) is 0 Å². The van der Waals surface area contributed by atoms with Crippen molar-refractivity contribution in [2.75, 3.05) is 13.1 Å². The van der Waals surface area contributed by atoms with Gasteiger partial charge in [0.1, 0.15) is 0 Å². The molecule has 0 spiro atoms. The molecule has 4 heteroatoms. The quantitative estimate of drug-likeness (QED) is 0.548. The summed E-state index contributed by atoms with van der Waals surface area (Å²) in [7, 11) is -3.29. The lowest BCUT2D eigenvalue weighted by Gasteiger charge is -2.22. The first-order valence-corrected chi connectivity index (χ1v) is 7.10. The number of sulfonamides is 1. The molecule has 1 rings (SSSR count). The van der Waals surface area contributed by atoms with Crippen LogP contribution in [0.25, 0.3) is 0 Å². The topological polar surface area (TPSA) is 37.4 Å². The van der Waals surface area contributed by atoms with Gasteiger partial charge in [-0.3, -0.25) is 0 Å². The Kier molecular flexibility index (Phi) is 5.13. The van der Waals surface area contributed by atoms with Crippen LogP contribution < -0.4 is 0 Å². The average molecular weight is 229 g/mol. The molecule has 0 N–H and O–H groups in total. The third kappa shape index (κ3) is 4.23. The molecule has 0 aromatic heterocycles. The number of hydrogen-bond donors (Lipinski definition) is 0. The summed E-state index contributed by atoms with van der Waals surface area (Å²) in [4.78, 5) is 0. The molecule has 1 heterocycles. The third-order valence-corrected chi connectivity index (χ3v) is 3.96. The summed E-state index contributed by atoms with van der Waals surface area (Å²) in [5, 5.41) is 2.41. The summed E-state index contributed by atoms with van der Waals surface area (Å²) in [6.45, 7) is 3.36. The van der Waals surface area contributed by atoms with E-state index in [1.54, 1.807) is 0 Å². The van der Waals surface area contributed by atoms with Crippen molar-refractivity contribution >= 4 is 10.0 Å². The average Bonchev–Trinajstić information content (AvgIpc) is 2.26. The molecule has 3 nitrogen and oxygen atoms in total. The smallest absolute Gasteiger partial charge is 0.198 e. The molecule has 0 aliphatic carbocycles.